The van der Waals surface area contributed by atoms with Crippen molar-refractivity contribution in [2.75, 3.05) is 20.1 Å². The smallest absolute Gasteiger partial charge is 0.224 e. The molecular weight excluding hydrogens is 295 g/mol. The molecule has 114 valence electrons. The van der Waals surface area contributed by atoms with E-state index in [0.717, 1.165) is 10.6 Å². The highest BCUT2D eigenvalue weighted by atomic mass is 35.5. The van der Waals surface area contributed by atoms with E-state index in [1.807, 2.05) is 38.2 Å². The van der Waals surface area contributed by atoms with Crippen LogP contribution in [0.1, 0.15) is 26.3 Å². The average Bonchev–Trinajstić information content (AvgIpc) is 2.36. The molecule has 0 saturated carbocycles. The Labute approximate surface area is 132 Å². The summed E-state index contributed by atoms with van der Waals surface area (Å²) in [6, 6.07) is 7.76. The second kappa shape index (κ2) is 8.50. The third-order valence-electron chi connectivity index (χ3n) is 3.27. The van der Waals surface area contributed by atoms with Crippen LogP contribution in [0.25, 0.3) is 0 Å². The number of hydrogen-bond acceptors (Lipinski definition) is 2. The molecule has 0 fully saturated rings. The molecule has 0 bridgehead atoms. The van der Waals surface area contributed by atoms with E-state index in [-0.39, 0.29) is 29.6 Å². The molecule has 0 spiro atoms. The van der Waals surface area contributed by atoms with Gasteiger partial charge in [-0.1, -0.05) is 50.6 Å². The number of halogens is 2. The van der Waals surface area contributed by atoms with E-state index >= 15 is 0 Å². The molecule has 1 atom stereocenters. The summed E-state index contributed by atoms with van der Waals surface area (Å²) in [5.74, 6) is 0.0292. The Kier molecular flexibility index (Phi) is 8.17. The minimum Gasteiger partial charge on any atom is -0.355 e. The van der Waals surface area contributed by atoms with Gasteiger partial charge in [0.15, 0.2) is 0 Å². The minimum absolute atomic E-state index is 0. The summed E-state index contributed by atoms with van der Waals surface area (Å²) < 4.78 is 0. The van der Waals surface area contributed by atoms with Crippen LogP contribution in [0.3, 0.4) is 0 Å². The van der Waals surface area contributed by atoms with Gasteiger partial charge in [-0.05, 0) is 18.7 Å². The highest BCUT2D eigenvalue weighted by Gasteiger charge is 2.24. The second-order valence-electron chi connectivity index (χ2n) is 5.54. The first-order valence-corrected chi connectivity index (χ1v) is 6.93. The highest BCUT2D eigenvalue weighted by molar-refractivity contribution is 6.31. The molecule has 0 saturated heterocycles. The van der Waals surface area contributed by atoms with Crippen LogP contribution in [0.2, 0.25) is 5.02 Å². The number of rotatable bonds is 6. The maximum absolute atomic E-state index is 11.9. The van der Waals surface area contributed by atoms with Crippen molar-refractivity contribution >= 4 is 29.9 Å². The number of nitrogens with one attached hydrogen (secondary N) is 2. The lowest BCUT2D eigenvalue weighted by Gasteiger charge is -2.27. The summed E-state index contributed by atoms with van der Waals surface area (Å²) in [6.45, 7) is 7.32. The van der Waals surface area contributed by atoms with Gasteiger partial charge in [0, 0.05) is 29.4 Å². The Morgan fingerprint density at radius 3 is 2.50 bits per heavy atom. The van der Waals surface area contributed by atoms with Crippen LogP contribution in [-0.4, -0.2) is 26.0 Å². The molecule has 2 N–H and O–H groups in total. The molecule has 1 rings (SSSR count). The van der Waals surface area contributed by atoms with Gasteiger partial charge in [-0.2, -0.15) is 0 Å². The van der Waals surface area contributed by atoms with Crippen molar-refractivity contribution in [3.05, 3.63) is 34.9 Å². The molecule has 0 aliphatic carbocycles. The minimum atomic E-state index is -0.187. The van der Waals surface area contributed by atoms with Gasteiger partial charge in [0.2, 0.25) is 5.91 Å². The van der Waals surface area contributed by atoms with Crippen molar-refractivity contribution in [3.63, 3.8) is 0 Å². The number of amides is 1. The molecule has 1 amide bonds. The van der Waals surface area contributed by atoms with Crippen LogP contribution in [0.5, 0.6) is 0 Å². The first-order valence-electron chi connectivity index (χ1n) is 6.56. The summed E-state index contributed by atoms with van der Waals surface area (Å²) in [4.78, 5) is 11.9. The molecule has 5 heteroatoms. The van der Waals surface area contributed by atoms with E-state index in [2.05, 4.69) is 24.5 Å². The van der Waals surface area contributed by atoms with E-state index in [4.69, 9.17) is 11.6 Å². The van der Waals surface area contributed by atoms with E-state index in [1.165, 1.54) is 0 Å². The molecular formula is C15H24Cl2N2O. The lowest BCUT2D eigenvalue weighted by Crippen LogP contribution is -2.41. The predicted molar refractivity (Wildman–Crippen MR) is 87.8 cm³/mol. The van der Waals surface area contributed by atoms with Crippen LogP contribution >= 0.6 is 24.0 Å². The van der Waals surface area contributed by atoms with Crippen molar-refractivity contribution in [3.8, 4) is 0 Å². The fourth-order valence-electron chi connectivity index (χ4n) is 1.99. The van der Waals surface area contributed by atoms with Crippen LogP contribution in [-0.2, 0) is 10.2 Å². The SMILES string of the molecule is CNCC(C)C(=O)NCC(C)(C)c1ccccc1Cl.Cl. The third-order valence-corrected chi connectivity index (χ3v) is 3.60. The summed E-state index contributed by atoms with van der Waals surface area (Å²) in [5.41, 5.74) is 0.867. The summed E-state index contributed by atoms with van der Waals surface area (Å²) in [7, 11) is 1.84. The second-order valence-corrected chi connectivity index (χ2v) is 5.95. The molecule has 0 radical (unpaired) electrons. The molecule has 1 aromatic rings. The molecule has 1 unspecified atom stereocenters. The molecule has 0 aliphatic heterocycles. The Hall–Kier alpha value is -0.770. The zero-order valence-corrected chi connectivity index (χ0v) is 14.1. The average molecular weight is 319 g/mol. The molecule has 0 heterocycles. The first kappa shape index (κ1) is 19.2. The highest BCUT2D eigenvalue weighted by Crippen LogP contribution is 2.29. The lowest BCUT2D eigenvalue weighted by molar-refractivity contribution is -0.124. The van der Waals surface area contributed by atoms with Gasteiger partial charge in [0.05, 0.1) is 0 Å². The van der Waals surface area contributed by atoms with E-state index in [9.17, 15) is 4.79 Å². The lowest BCUT2D eigenvalue weighted by atomic mass is 9.84. The van der Waals surface area contributed by atoms with Gasteiger partial charge in [-0.3, -0.25) is 4.79 Å². The predicted octanol–water partition coefficient (Wildman–Crippen LogP) is 3.01. The Morgan fingerprint density at radius 2 is 1.95 bits per heavy atom. The Balaban J connectivity index is 0.00000361. The van der Waals surface area contributed by atoms with E-state index in [0.29, 0.717) is 13.1 Å². The molecule has 0 aliphatic rings. The molecule has 3 nitrogen and oxygen atoms in total. The fourth-order valence-corrected chi connectivity index (χ4v) is 2.38. The van der Waals surface area contributed by atoms with E-state index < -0.39 is 0 Å². The van der Waals surface area contributed by atoms with Gasteiger partial charge in [0.25, 0.3) is 0 Å². The maximum Gasteiger partial charge on any atom is 0.224 e. The fraction of sp³-hybridized carbons (Fsp3) is 0.533. The van der Waals surface area contributed by atoms with Gasteiger partial charge in [-0.25, -0.2) is 0 Å². The first-order chi connectivity index (χ1) is 8.88. The van der Waals surface area contributed by atoms with Gasteiger partial charge < -0.3 is 10.6 Å². The standard InChI is InChI=1S/C15H23ClN2O.ClH/c1-11(9-17-4)14(19)18-10-15(2,3)12-7-5-6-8-13(12)16;/h5-8,11,17H,9-10H2,1-4H3,(H,18,19);1H. The molecule has 1 aromatic carbocycles. The Bertz CT molecular complexity index is 436. The number of carbonyl (C=O) groups is 1. The van der Waals surface area contributed by atoms with Crippen molar-refractivity contribution in [1.82, 2.24) is 10.6 Å². The summed E-state index contributed by atoms with van der Waals surface area (Å²) in [5, 5.41) is 6.74. The number of carbonyl (C=O) groups excluding carboxylic acids is 1. The summed E-state index contributed by atoms with van der Waals surface area (Å²) in [6.07, 6.45) is 0. The zero-order chi connectivity index (χ0) is 14.5. The van der Waals surface area contributed by atoms with Crippen LogP contribution in [0, 0.1) is 5.92 Å². The largest absolute Gasteiger partial charge is 0.355 e. The van der Waals surface area contributed by atoms with Crippen LogP contribution < -0.4 is 10.6 Å². The zero-order valence-electron chi connectivity index (χ0n) is 12.5. The van der Waals surface area contributed by atoms with Crippen LogP contribution in [0.15, 0.2) is 24.3 Å². The third kappa shape index (κ3) is 5.31. The normalized spacial score (nSPS) is 12.4. The van der Waals surface area contributed by atoms with Crippen LogP contribution in [0.4, 0.5) is 0 Å². The van der Waals surface area contributed by atoms with E-state index in [1.54, 1.807) is 0 Å². The van der Waals surface area contributed by atoms with Gasteiger partial charge >= 0.3 is 0 Å². The number of benzene rings is 1. The Morgan fingerprint density at radius 1 is 1.35 bits per heavy atom. The maximum atomic E-state index is 11.9. The van der Waals surface area contributed by atoms with Crippen molar-refractivity contribution < 1.29 is 4.79 Å². The van der Waals surface area contributed by atoms with Crippen molar-refractivity contribution in [2.24, 2.45) is 5.92 Å². The number of hydrogen-bond donors (Lipinski definition) is 2. The topological polar surface area (TPSA) is 41.1 Å². The monoisotopic (exact) mass is 318 g/mol. The molecule has 20 heavy (non-hydrogen) atoms. The van der Waals surface area contributed by atoms with Crippen molar-refractivity contribution in [2.45, 2.75) is 26.2 Å². The molecule has 0 aromatic heterocycles. The van der Waals surface area contributed by atoms with Gasteiger partial charge in [-0.15, -0.1) is 12.4 Å². The quantitative estimate of drug-likeness (QED) is 0.846. The van der Waals surface area contributed by atoms with Gasteiger partial charge in [0.1, 0.15) is 0 Å². The van der Waals surface area contributed by atoms with Crippen molar-refractivity contribution in [1.29, 1.82) is 0 Å². The summed E-state index contributed by atoms with van der Waals surface area (Å²) >= 11 is 6.21.